The summed E-state index contributed by atoms with van der Waals surface area (Å²) >= 11 is 5.95. The van der Waals surface area contributed by atoms with Crippen molar-refractivity contribution < 1.29 is 13.2 Å². The summed E-state index contributed by atoms with van der Waals surface area (Å²) in [5, 5.41) is 2.30. The van der Waals surface area contributed by atoms with Crippen molar-refractivity contribution in [1.82, 2.24) is 20.3 Å². The molecule has 10 heteroatoms. The molecule has 0 radical (unpaired) electrons. The predicted molar refractivity (Wildman–Crippen MR) is 83.1 cm³/mol. The van der Waals surface area contributed by atoms with Crippen molar-refractivity contribution in [3.8, 4) is 11.4 Å². The number of alkyl halides is 2. The highest BCUT2D eigenvalue weighted by Crippen LogP contribution is 2.27. The van der Waals surface area contributed by atoms with Crippen LogP contribution in [0.25, 0.3) is 11.4 Å². The quantitative estimate of drug-likeness (QED) is 0.853. The molecule has 24 heavy (non-hydrogen) atoms. The number of nitrogens with zero attached hydrogens (tertiary/aromatic N) is 3. The molecule has 1 aliphatic heterocycles. The van der Waals surface area contributed by atoms with Crippen LogP contribution in [0.4, 0.5) is 19.0 Å². The minimum atomic E-state index is -3.01. The SMILES string of the molecule is O=c1[nH]c(-c2ccncc2F)nc(N2CCNCC(F)(F)C2)c1Cl. The molecule has 0 spiro atoms. The lowest BCUT2D eigenvalue weighted by Crippen LogP contribution is -2.39. The first-order valence-electron chi connectivity index (χ1n) is 7.10. The fourth-order valence-corrected chi connectivity index (χ4v) is 2.64. The van der Waals surface area contributed by atoms with Gasteiger partial charge >= 0.3 is 0 Å². The Morgan fingerprint density at radius 3 is 2.92 bits per heavy atom. The number of pyridine rings is 1. The fourth-order valence-electron chi connectivity index (χ4n) is 2.43. The molecule has 2 aromatic rings. The zero-order chi connectivity index (χ0) is 17.3. The maximum atomic E-state index is 13.9. The van der Waals surface area contributed by atoms with Crippen LogP contribution >= 0.6 is 11.6 Å². The molecule has 1 fully saturated rings. The molecule has 1 aliphatic rings. The number of rotatable bonds is 2. The second-order valence-corrected chi connectivity index (χ2v) is 5.74. The van der Waals surface area contributed by atoms with Gasteiger partial charge in [0, 0.05) is 19.3 Å². The van der Waals surface area contributed by atoms with Crippen LogP contribution in [-0.2, 0) is 0 Å². The van der Waals surface area contributed by atoms with Gasteiger partial charge in [-0.1, -0.05) is 11.6 Å². The average molecular weight is 360 g/mol. The van der Waals surface area contributed by atoms with E-state index >= 15 is 0 Å². The maximum absolute atomic E-state index is 13.9. The van der Waals surface area contributed by atoms with E-state index < -0.39 is 30.4 Å². The molecule has 2 N–H and O–H groups in total. The van der Waals surface area contributed by atoms with Crippen LogP contribution in [0.5, 0.6) is 0 Å². The number of anilines is 1. The molecule has 3 heterocycles. The van der Waals surface area contributed by atoms with Crippen LogP contribution in [0, 0.1) is 5.82 Å². The lowest BCUT2D eigenvalue weighted by Gasteiger charge is -2.25. The number of hydrogen-bond acceptors (Lipinski definition) is 5. The van der Waals surface area contributed by atoms with Gasteiger partial charge < -0.3 is 15.2 Å². The molecular formula is C14H13ClF3N5O. The summed E-state index contributed by atoms with van der Waals surface area (Å²) < 4.78 is 41.5. The number of H-pyrrole nitrogens is 1. The van der Waals surface area contributed by atoms with Crippen LogP contribution in [0.15, 0.2) is 23.3 Å². The van der Waals surface area contributed by atoms with Crippen molar-refractivity contribution in [3.63, 3.8) is 0 Å². The van der Waals surface area contributed by atoms with E-state index in [1.54, 1.807) is 0 Å². The van der Waals surface area contributed by atoms with Gasteiger partial charge in [-0.05, 0) is 6.07 Å². The summed E-state index contributed by atoms with van der Waals surface area (Å²) in [6.07, 6.45) is 2.30. The van der Waals surface area contributed by atoms with E-state index in [0.717, 1.165) is 6.20 Å². The largest absolute Gasteiger partial charge is 0.348 e. The Morgan fingerprint density at radius 1 is 1.38 bits per heavy atom. The average Bonchev–Trinajstić information content (AvgIpc) is 2.71. The van der Waals surface area contributed by atoms with Gasteiger partial charge in [-0.2, -0.15) is 0 Å². The van der Waals surface area contributed by atoms with Crippen molar-refractivity contribution in [2.75, 3.05) is 31.1 Å². The van der Waals surface area contributed by atoms with Crippen LogP contribution in [0.2, 0.25) is 5.02 Å². The summed E-state index contributed by atoms with van der Waals surface area (Å²) in [5.41, 5.74) is -0.729. The molecule has 0 amide bonds. The standard InChI is InChI=1S/C14H13ClF3N5O/c15-10-12(23-4-3-20-6-14(17,18)7-23)21-11(22-13(10)24)8-1-2-19-5-9(8)16/h1-2,5,20H,3-4,6-7H2,(H,21,22,24). The smallest absolute Gasteiger partial charge is 0.277 e. The first-order chi connectivity index (χ1) is 11.4. The third-order valence-corrected chi connectivity index (χ3v) is 3.88. The second kappa shape index (κ2) is 6.40. The normalized spacial score (nSPS) is 17.6. The first-order valence-corrected chi connectivity index (χ1v) is 7.48. The molecule has 1 saturated heterocycles. The summed E-state index contributed by atoms with van der Waals surface area (Å²) in [7, 11) is 0. The Kier molecular flexibility index (Phi) is 4.46. The highest BCUT2D eigenvalue weighted by Gasteiger charge is 2.35. The lowest BCUT2D eigenvalue weighted by atomic mass is 10.2. The van der Waals surface area contributed by atoms with E-state index in [4.69, 9.17) is 11.6 Å². The van der Waals surface area contributed by atoms with Gasteiger partial charge in [-0.25, -0.2) is 18.2 Å². The zero-order valence-electron chi connectivity index (χ0n) is 12.3. The molecule has 0 aliphatic carbocycles. The number of aromatic amines is 1. The molecule has 0 unspecified atom stereocenters. The van der Waals surface area contributed by atoms with Crippen molar-refractivity contribution >= 4 is 17.4 Å². The Labute approximate surface area is 139 Å². The summed E-state index contributed by atoms with van der Waals surface area (Å²) in [6, 6.07) is 1.32. The summed E-state index contributed by atoms with van der Waals surface area (Å²) in [4.78, 5) is 23.3. The second-order valence-electron chi connectivity index (χ2n) is 5.36. The van der Waals surface area contributed by atoms with E-state index in [2.05, 4.69) is 20.3 Å². The molecule has 128 valence electrons. The third-order valence-electron chi connectivity index (χ3n) is 3.54. The molecule has 0 saturated carbocycles. The van der Waals surface area contributed by atoms with Gasteiger partial charge in [0.1, 0.15) is 10.8 Å². The number of hydrogen-bond donors (Lipinski definition) is 2. The van der Waals surface area contributed by atoms with E-state index in [0.29, 0.717) is 0 Å². The minimum Gasteiger partial charge on any atom is -0.348 e. The van der Waals surface area contributed by atoms with Crippen molar-refractivity contribution in [1.29, 1.82) is 0 Å². The summed E-state index contributed by atoms with van der Waals surface area (Å²) in [6.45, 7) is -0.659. The zero-order valence-corrected chi connectivity index (χ0v) is 13.1. The molecular weight excluding hydrogens is 347 g/mol. The molecule has 0 aromatic carbocycles. The molecule has 0 atom stereocenters. The van der Waals surface area contributed by atoms with Crippen molar-refractivity contribution in [2.24, 2.45) is 0 Å². The third kappa shape index (κ3) is 3.36. The molecule has 0 bridgehead atoms. The number of nitrogens with one attached hydrogen (secondary N) is 2. The Balaban J connectivity index is 2.08. The van der Waals surface area contributed by atoms with E-state index in [9.17, 15) is 18.0 Å². The van der Waals surface area contributed by atoms with Gasteiger partial charge in [0.15, 0.2) is 11.6 Å². The van der Waals surface area contributed by atoms with Crippen LogP contribution in [0.3, 0.4) is 0 Å². The molecule has 3 rings (SSSR count). The summed E-state index contributed by atoms with van der Waals surface area (Å²) in [5.74, 6) is -3.90. The maximum Gasteiger partial charge on any atom is 0.277 e. The van der Waals surface area contributed by atoms with E-state index in [1.165, 1.54) is 17.2 Å². The van der Waals surface area contributed by atoms with Gasteiger partial charge in [-0.3, -0.25) is 9.78 Å². The van der Waals surface area contributed by atoms with Crippen LogP contribution < -0.4 is 15.8 Å². The Bertz CT molecular complexity index is 813. The van der Waals surface area contributed by atoms with Gasteiger partial charge in [0.25, 0.3) is 11.5 Å². The highest BCUT2D eigenvalue weighted by molar-refractivity contribution is 6.32. The van der Waals surface area contributed by atoms with Crippen LogP contribution in [0.1, 0.15) is 0 Å². The minimum absolute atomic E-state index is 0.000256. The van der Waals surface area contributed by atoms with Crippen molar-refractivity contribution in [2.45, 2.75) is 5.92 Å². The monoisotopic (exact) mass is 359 g/mol. The first kappa shape index (κ1) is 16.7. The lowest BCUT2D eigenvalue weighted by molar-refractivity contribution is 0.0156. The number of halogens is 4. The van der Waals surface area contributed by atoms with Gasteiger partial charge in [0.05, 0.1) is 24.8 Å². The van der Waals surface area contributed by atoms with Crippen LogP contribution in [-0.4, -0.2) is 47.1 Å². The van der Waals surface area contributed by atoms with Gasteiger partial charge in [-0.15, -0.1) is 0 Å². The highest BCUT2D eigenvalue weighted by atomic mass is 35.5. The van der Waals surface area contributed by atoms with Gasteiger partial charge in [0.2, 0.25) is 0 Å². The Morgan fingerprint density at radius 2 is 2.17 bits per heavy atom. The molecule has 2 aromatic heterocycles. The molecule has 6 nitrogen and oxygen atoms in total. The van der Waals surface area contributed by atoms with Crippen molar-refractivity contribution in [3.05, 3.63) is 39.7 Å². The topological polar surface area (TPSA) is 73.9 Å². The fraction of sp³-hybridized carbons (Fsp3) is 0.357. The Hall–Kier alpha value is -2.13. The van der Waals surface area contributed by atoms with E-state index in [-0.39, 0.29) is 35.3 Å². The van der Waals surface area contributed by atoms with E-state index in [1.807, 2.05) is 0 Å². The predicted octanol–water partition coefficient (Wildman–Crippen LogP) is 1.67. The number of aromatic nitrogens is 3.